The molecule has 0 spiro atoms. The number of nitrogens with zero attached hydrogens (tertiary/aromatic N) is 3. The Labute approximate surface area is 580 Å². The molecule has 6 atom stereocenters. The number of hydrogen-bond acceptors (Lipinski definition) is 15. The summed E-state index contributed by atoms with van der Waals surface area (Å²) >= 11 is 0. The van der Waals surface area contributed by atoms with E-state index in [4.69, 9.17) is 52.4 Å². The van der Waals surface area contributed by atoms with Gasteiger partial charge in [0.05, 0.1) is 28.8 Å². The third kappa shape index (κ3) is 22.6. The molecule has 1 aliphatic heterocycles. The number of carbonyl (C=O) groups is 5. The third-order valence-electron chi connectivity index (χ3n) is 16.8. The fraction of sp³-hybridized carbons (Fsp3) is 0.533. The lowest BCUT2D eigenvalue weighted by molar-refractivity contribution is -0.173. The smallest absolute Gasteiger partial charge is 0.310 e. The Morgan fingerprint density at radius 1 is 0.653 bits per heavy atom. The van der Waals surface area contributed by atoms with E-state index in [0.717, 1.165) is 16.3 Å². The molecule has 0 bridgehead atoms. The number of rotatable bonds is 28. The summed E-state index contributed by atoms with van der Waals surface area (Å²) in [6, 6.07) is 20.7. The summed E-state index contributed by atoms with van der Waals surface area (Å²) in [6.07, 6.45) is 1.23. The van der Waals surface area contributed by atoms with Crippen LogP contribution >= 0.6 is 0 Å². The highest BCUT2D eigenvalue weighted by molar-refractivity contribution is 7.90. The van der Waals surface area contributed by atoms with E-state index >= 15 is 9.59 Å². The van der Waals surface area contributed by atoms with Gasteiger partial charge in [0.25, 0.3) is 10.0 Å². The van der Waals surface area contributed by atoms with Gasteiger partial charge in [-0.2, -0.15) is 0 Å². The van der Waals surface area contributed by atoms with E-state index in [2.05, 4.69) is 20.0 Å². The van der Waals surface area contributed by atoms with Crippen LogP contribution in [0.25, 0.3) is 10.8 Å². The first kappa shape index (κ1) is 78.6. The molecule has 1 heterocycles. The summed E-state index contributed by atoms with van der Waals surface area (Å²) in [5.74, 6) is -4.89. The van der Waals surface area contributed by atoms with E-state index in [1.54, 1.807) is 92.6 Å². The van der Waals surface area contributed by atoms with Crippen LogP contribution in [0, 0.1) is 32.6 Å². The second kappa shape index (κ2) is 32.0. The molecule has 0 saturated carbocycles. The highest BCUT2D eigenvalue weighted by Crippen LogP contribution is 2.43. The Morgan fingerprint density at radius 2 is 1.22 bits per heavy atom. The molecule has 5 aromatic rings. The maximum Gasteiger partial charge on any atom is 0.310 e. The van der Waals surface area contributed by atoms with Gasteiger partial charge in [-0.15, -0.1) is 0 Å². The predicted molar refractivity (Wildman–Crippen MR) is 385 cm³/mol. The fourth-order valence-electron chi connectivity index (χ4n) is 12.2. The number of esters is 2. The molecule has 536 valence electrons. The minimum Gasteiger partial charge on any atom is -0.488 e. The molecule has 23 heteroatoms. The molecule has 5 aromatic carbocycles. The number of ether oxygens (including phenoxy) is 5. The number of nitrogens with two attached hydrogens (primary N) is 5. The lowest BCUT2D eigenvalue weighted by Gasteiger charge is -2.38. The van der Waals surface area contributed by atoms with Crippen LogP contribution in [0.2, 0.25) is 0 Å². The van der Waals surface area contributed by atoms with E-state index in [9.17, 15) is 22.8 Å². The molecule has 0 aliphatic carbocycles. The Morgan fingerprint density at radius 3 is 1.82 bits per heavy atom. The number of nitrogens with one attached hydrogen (secondary N) is 2. The van der Waals surface area contributed by atoms with Crippen molar-refractivity contribution >= 4 is 62.4 Å². The van der Waals surface area contributed by atoms with Gasteiger partial charge in [0, 0.05) is 19.5 Å². The van der Waals surface area contributed by atoms with Crippen molar-refractivity contribution in [2.45, 2.75) is 239 Å². The van der Waals surface area contributed by atoms with Crippen molar-refractivity contribution in [3.8, 4) is 17.2 Å². The lowest BCUT2D eigenvalue weighted by Crippen LogP contribution is -2.58. The Balaban J connectivity index is 1.49. The van der Waals surface area contributed by atoms with Gasteiger partial charge in [-0.25, -0.2) is 13.1 Å². The summed E-state index contributed by atoms with van der Waals surface area (Å²) in [7, 11) is -4.29. The van der Waals surface area contributed by atoms with Crippen molar-refractivity contribution in [2.24, 2.45) is 50.5 Å². The number of fused-ring (bicyclic) bond motifs is 2. The van der Waals surface area contributed by atoms with E-state index in [1.165, 1.54) is 4.90 Å². The van der Waals surface area contributed by atoms with Crippen LogP contribution in [0.4, 0.5) is 0 Å². The number of primary amides is 1. The van der Waals surface area contributed by atoms with Crippen molar-refractivity contribution < 1.29 is 56.1 Å². The molecule has 22 nitrogen and oxygen atoms in total. The van der Waals surface area contributed by atoms with Crippen LogP contribution in [0.5, 0.6) is 17.2 Å². The van der Waals surface area contributed by atoms with Gasteiger partial charge in [-0.3, -0.25) is 34.0 Å². The molecular weight excluding hydrogens is 1260 g/mol. The van der Waals surface area contributed by atoms with Crippen LogP contribution in [0.3, 0.4) is 0 Å². The maximum atomic E-state index is 16.5. The van der Waals surface area contributed by atoms with E-state index in [-0.39, 0.29) is 68.9 Å². The average molecular weight is 1370 g/mol. The highest BCUT2D eigenvalue weighted by Gasteiger charge is 2.42. The zero-order valence-electron chi connectivity index (χ0n) is 60.9. The quantitative estimate of drug-likeness (QED) is 0.0106. The highest BCUT2D eigenvalue weighted by atomic mass is 32.2. The van der Waals surface area contributed by atoms with Crippen molar-refractivity contribution in [3.05, 3.63) is 129 Å². The molecule has 2 unspecified atom stereocenters. The summed E-state index contributed by atoms with van der Waals surface area (Å²) in [4.78, 5) is 85.4. The Bertz CT molecular complexity index is 3860. The first-order valence-corrected chi connectivity index (χ1v) is 35.2. The molecule has 0 fully saturated rings. The van der Waals surface area contributed by atoms with E-state index in [1.807, 2.05) is 117 Å². The second-order valence-corrected chi connectivity index (χ2v) is 32.0. The predicted octanol–water partition coefficient (Wildman–Crippen LogP) is 9.85. The molecule has 3 amide bonds. The van der Waals surface area contributed by atoms with Crippen LogP contribution in [-0.2, 0) is 69.2 Å². The van der Waals surface area contributed by atoms with Gasteiger partial charge >= 0.3 is 11.9 Å². The first-order chi connectivity index (χ1) is 45.3. The van der Waals surface area contributed by atoms with Gasteiger partial charge < -0.3 is 62.6 Å². The van der Waals surface area contributed by atoms with E-state index in [0.29, 0.717) is 69.0 Å². The minimum atomic E-state index is -4.29. The van der Waals surface area contributed by atoms with Gasteiger partial charge in [0.2, 0.25) is 23.7 Å². The van der Waals surface area contributed by atoms with E-state index < -0.39 is 110 Å². The molecule has 1 aliphatic rings. The molecule has 0 saturated heterocycles. The summed E-state index contributed by atoms with van der Waals surface area (Å²) in [5, 5.41) is 4.77. The summed E-state index contributed by atoms with van der Waals surface area (Å²) < 4.78 is 62.0. The average Bonchev–Trinajstić information content (AvgIpc) is 0.748. The number of hydrogen-bond donors (Lipinski definition) is 7. The van der Waals surface area contributed by atoms with Gasteiger partial charge in [0.15, 0.2) is 5.96 Å². The Hall–Kier alpha value is -8.44. The topological polar surface area (TPSA) is 348 Å². The number of guanidine groups is 2. The first-order valence-electron chi connectivity index (χ1n) is 33.7. The number of aliphatic imine (C=N–C) groups is 2. The SMILES string of the molecule is Cc1c(C)c(S(=O)(=O)NC(N)=NCCC[C@@H](C(N)=O)N(C(=O)[C@H](Cc2ccc(OC(C)(C)C)cc2CC(C(=O)OC(C)(C)C)C(CCCN=C(N)N)C(=O)OC(C)(C)C)NC(=O)[C@@H](N)Cc2ccc(OC(C)(C)C)cc2)[C@H](C)c2ccc3ccccc3c2)c(C)c2c1OC(C)(C)CC2. The molecule has 6 rings (SSSR count). The minimum absolute atomic E-state index is 0.0416. The van der Waals surface area contributed by atoms with Gasteiger partial charge in [-0.05, 0) is 262 Å². The zero-order chi connectivity index (χ0) is 73.2. The van der Waals surface area contributed by atoms with Crippen LogP contribution in [0.15, 0.2) is 99.8 Å². The van der Waals surface area contributed by atoms with Gasteiger partial charge in [0.1, 0.15) is 57.3 Å². The van der Waals surface area contributed by atoms with Crippen LogP contribution < -0.4 is 52.9 Å². The van der Waals surface area contributed by atoms with Crippen LogP contribution in [-0.4, -0.2) is 114 Å². The number of benzene rings is 5. The number of amides is 3. The van der Waals surface area contributed by atoms with Crippen molar-refractivity contribution in [3.63, 3.8) is 0 Å². The van der Waals surface area contributed by atoms with Gasteiger partial charge in [-0.1, -0.05) is 54.6 Å². The molecule has 0 aromatic heterocycles. The summed E-state index contributed by atoms with van der Waals surface area (Å²) in [5.41, 5.74) is 32.3. The molecule has 12 N–H and O–H groups in total. The van der Waals surface area contributed by atoms with Crippen molar-refractivity contribution in [1.29, 1.82) is 0 Å². The fourth-order valence-corrected chi connectivity index (χ4v) is 13.7. The molecule has 98 heavy (non-hydrogen) atoms. The van der Waals surface area contributed by atoms with Crippen molar-refractivity contribution in [2.75, 3.05) is 13.1 Å². The zero-order valence-corrected chi connectivity index (χ0v) is 61.7. The Kier molecular flexibility index (Phi) is 25.7. The normalized spacial score (nSPS) is 15.4. The summed E-state index contributed by atoms with van der Waals surface area (Å²) in [6.45, 7) is 32.9. The van der Waals surface area contributed by atoms with Crippen molar-refractivity contribution in [1.82, 2.24) is 14.9 Å². The molecular formula is C75H108N10O12S. The standard InChI is InChI=1S/C75H108N10O12S/c1-44-45(2)63(46(3)56-35-36-75(17,18)95-62(44)56)98(91,92)84-70(80)82-38-22-26-61(64(77)86)85(47(4)50-30-29-49-23-19-20-24-51(49)40-50)66(88)60(83-65(87)59(76)39-48-27-32-54(33-28-48)93-71(5,6)7)43-52-31-34-55(94-72(8,9)10)41-53(52)42-58(68(90)97-74(14,15)16)57(25-21-37-81-69(78)79)67(89)96-73(11,12)13/h19-20,23-24,27-34,40-41,47,57-61H,21-22,25-26,35-39,42-43,76H2,1-18H3,(H2,77,86)(H,83,87)(H4,78,79,81)(H3,80,82,84)/t47-,57?,58?,59+,60+,61+/m1/s1. The number of sulfonamides is 1. The largest absolute Gasteiger partial charge is 0.488 e. The second-order valence-electron chi connectivity index (χ2n) is 30.3. The number of carbonyl (C=O) groups excluding carboxylic acids is 5. The maximum absolute atomic E-state index is 16.5. The monoisotopic (exact) mass is 1370 g/mol. The lowest BCUT2D eigenvalue weighted by atomic mass is 9.81. The third-order valence-corrected chi connectivity index (χ3v) is 18.4. The molecule has 0 radical (unpaired) electrons. The van der Waals surface area contributed by atoms with Crippen LogP contribution in [0.1, 0.15) is 187 Å².